The smallest absolute Gasteiger partial charge is 0.270 e. The molecule has 0 radical (unpaired) electrons. The van der Waals surface area contributed by atoms with Gasteiger partial charge >= 0.3 is 0 Å². The molecule has 33 heavy (non-hydrogen) atoms. The van der Waals surface area contributed by atoms with Crippen molar-refractivity contribution in [1.29, 1.82) is 0 Å². The van der Waals surface area contributed by atoms with E-state index in [2.05, 4.69) is 21.2 Å². The molecule has 4 heterocycles. The van der Waals surface area contributed by atoms with E-state index in [4.69, 9.17) is 0 Å². The largest absolute Gasteiger partial charge is 0.336 e. The average Bonchev–Trinajstić information content (AvgIpc) is 3.32. The van der Waals surface area contributed by atoms with Crippen LogP contribution in [0.1, 0.15) is 33.3 Å². The monoisotopic (exact) mass is 523 g/mol. The fraction of sp³-hybridized carbons (Fsp3) is 0.240. The van der Waals surface area contributed by atoms with Gasteiger partial charge in [-0.3, -0.25) is 14.4 Å². The second-order valence-electron chi connectivity index (χ2n) is 8.42. The van der Waals surface area contributed by atoms with Crippen LogP contribution in [0, 0.1) is 5.92 Å². The molecular formula is C25H22BrN3O3S. The topological polar surface area (TPSA) is 71.4 Å². The zero-order chi connectivity index (χ0) is 22.9. The molecule has 1 saturated heterocycles. The summed E-state index contributed by atoms with van der Waals surface area (Å²) in [7, 11) is 0. The molecule has 6 nitrogen and oxygen atoms in total. The van der Waals surface area contributed by atoms with E-state index < -0.39 is 0 Å². The van der Waals surface area contributed by atoms with Crippen LogP contribution in [0.5, 0.6) is 0 Å². The Morgan fingerprint density at radius 2 is 1.88 bits per heavy atom. The lowest BCUT2D eigenvalue weighted by molar-refractivity contribution is -0.130. The van der Waals surface area contributed by atoms with E-state index >= 15 is 0 Å². The molecule has 0 spiro atoms. The molecule has 1 fully saturated rings. The number of hydrogen-bond acceptors (Lipinski definition) is 4. The number of carbonyl (C=O) groups is 2. The van der Waals surface area contributed by atoms with Crippen molar-refractivity contribution in [2.24, 2.45) is 5.92 Å². The Hall–Kier alpha value is -2.97. The summed E-state index contributed by atoms with van der Waals surface area (Å²) in [5.74, 6) is -0.225. The fourth-order valence-electron chi connectivity index (χ4n) is 4.73. The van der Waals surface area contributed by atoms with Crippen molar-refractivity contribution >= 4 is 45.2 Å². The number of piperidine rings is 1. The number of amides is 2. The van der Waals surface area contributed by atoms with E-state index in [-0.39, 0.29) is 34.9 Å². The summed E-state index contributed by atoms with van der Waals surface area (Å²) in [4.78, 5) is 41.7. The van der Waals surface area contributed by atoms with Crippen molar-refractivity contribution in [1.82, 2.24) is 14.8 Å². The minimum Gasteiger partial charge on any atom is -0.336 e. The normalized spacial score (nSPS) is 19.7. The van der Waals surface area contributed by atoms with Gasteiger partial charge in [0.15, 0.2) is 0 Å². The van der Waals surface area contributed by atoms with Crippen molar-refractivity contribution in [3.63, 3.8) is 0 Å². The predicted octanol–water partition coefficient (Wildman–Crippen LogP) is 4.09. The van der Waals surface area contributed by atoms with E-state index in [1.807, 2.05) is 39.1 Å². The Kier molecular flexibility index (Phi) is 6.03. The maximum absolute atomic E-state index is 13.7. The molecule has 2 atom stereocenters. The fourth-order valence-corrected chi connectivity index (χ4v) is 5.86. The van der Waals surface area contributed by atoms with Crippen molar-refractivity contribution in [3.05, 3.63) is 96.6 Å². The first-order chi connectivity index (χ1) is 16.0. The van der Waals surface area contributed by atoms with E-state index in [9.17, 15) is 14.4 Å². The Labute approximate surface area is 203 Å². The summed E-state index contributed by atoms with van der Waals surface area (Å²) < 4.78 is 2.51. The molecule has 2 bridgehead atoms. The van der Waals surface area contributed by atoms with Crippen LogP contribution >= 0.6 is 27.3 Å². The number of aromatic nitrogens is 1. The van der Waals surface area contributed by atoms with E-state index in [1.54, 1.807) is 36.4 Å². The Morgan fingerprint density at radius 3 is 2.67 bits per heavy atom. The van der Waals surface area contributed by atoms with Crippen molar-refractivity contribution < 1.29 is 9.59 Å². The lowest BCUT2D eigenvalue weighted by Gasteiger charge is -2.43. The number of thiophene rings is 1. The maximum atomic E-state index is 13.7. The zero-order valence-electron chi connectivity index (χ0n) is 17.7. The molecule has 2 aliphatic rings. The molecule has 0 aliphatic carbocycles. The molecule has 3 aromatic rings. The number of pyridine rings is 1. The molecule has 1 aromatic carbocycles. The van der Waals surface area contributed by atoms with Crippen molar-refractivity contribution in [2.45, 2.75) is 18.9 Å². The van der Waals surface area contributed by atoms with Crippen LogP contribution in [-0.4, -0.2) is 34.4 Å². The number of likely N-dealkylation sites (tertiary alicyclic amines) is 1. The highest BCUT2D eigenvalue weighted by molar-refractivity contribution is 9.10. The van der Waals surface area contributed by atoms with Gasteiger partial charge in [-0.2, -0.15) is 0 Å². The van der Waals surface area contributed by atoms with Crippen LogP contribution in [-0.2, 0) is 11.3 Å². The summed E-state index contributed by atoms with van der Waals surface area (Å²) in [6, 6.07) is 16.3. The first-order valence-corrected chi connectivity index (χ1v) is 12.5. The van der Waals surface area contributed by atoms with Crippen LogP contribution in [0.15, 0.2) is 74.9 Å². The van der Waals surface area contributed by atoms with Gasteiger partial charge in [0.1, 0.15) is 5.70 Å². The Balaban J connectivity index is 1.43. The highest BCUT2D eigenvalue weighted by atomic mass is 79.9. The standard InChI is InChI=1S/C25H22BrN3O3S/c26-20-7-2-1-6-19(20)24(31)27-21(12-18-5-4-10-33-18)25(32)28-13-16-11-17(15-28)22-8-3-9-23(30)29(22)14-16/h1-10,12,16-17H,11,13-15H2,(H,27,31)/b21-12+/t16-,17+/m1/s1. The highest BCUT2D eigenvalue weighted by Crippen LogP contribution is 2.35. The van der Waals surface area contributed by atoms with Gasteiger partial charge in [-0.1, -0.05) is 24.3 Å². The lowest BCUT2D eigenvalue weighted by atomic mass is 9.83. The molecular weight excluding hydrogens is 502 g/mol. The number of carbonyl (C=O) groups excluding carboxylic acids is 2. The van der Waals surface area contributed by atoms with Gasteiger partial charge in [-0.25, -0.2) is 0 Å². The van der Waals surface area contributed by atoms with Crippen LogP contribution in [0.2, 0.25) is 0 Å². The van der Waals surface area contributed by atoms with Gasteiger partial charge in [-0.05, 0) is 64.0 Å². The van der Waals surface area contributed by atoms with Gasteiger partial charge in [0.25, 0.3) is 17.4 Å². The second kappa shape index (κ2) is 9.11. The SMILES string of the molecule is O=C(N/C(=C/c1cccs1)C(=O)N1C[C@H]2C[C@@H](C1)c1cccc(=O)n1C2)c1ccccc1Br. The molecule has 8 heteroatoms. The van der Waals surface area contributed by atoms with E-state index in [1.165, 1.54) is 11.3 Å². The molecule has 5 rings (SSSR count). The minimum absolute atomic E-state index is 0.0148. The lowest BCUT2D eigenvalue weighted by Crippen LogP contribution is -2.50. The summed E-state index contributed by atoms with van der Waals surface area (Å²) >= 11 is 4.92. The number of benzene rings is 1. The van der Waals surface area contributed by atoms with Crippen molar-refractivity contribution in [3.8, 4) is 0 Å². The van der Waals surface area contributed by atoms with Crippen LogP contribution < -0.4 is 10.9 Å². The zero-order valence-corrected chi connectivity index (χ0v) is 20.1. The molecule has 2 aliphatic heterocycles. The molecule has 2 aromatic heterocycles. The second-order valence-corrected chi connectivity index (χ2v) is 10.2. The molecule has 0 saturated carbocycles. The van der Waals surface area contributed by atoms with E-state index in [0.717, 1.165) is 17.0 Å². The first-order valence-electron chi connectivity index (χ1n) is 10.8. The Bertz CT molecular complexity index is 1300. The number of hydrogen-bond donors (Lipinski definition) is 1. The Morgan fingerprint density at radius 1 is 1.03 bits per heavy atom. The van der Waals surface area contributed by atoms with Gasteiger partial charge in [0, 0.05) is 46.7 Å². The molecule has 2 amide bonds. The average molecular weight is 524 g/mol. The maximum Gasteiger partial charge on any atom is 0.270 e. The summed E-state index contributed by atoms with van der Waals surface area (Å²) in [5.41, 5.74) is 1.72. The van der Waals surface area contributed by atoms with Gasteiger partial charge in [0.05, 0.1) is 5.56 Å². The van der Waals surface area contributed by atoms with Crippen LogP contribution in [0.4, 0.5) is 0 Å². The summed E-state index contributed by atoms with van der Waals surface area (Å²) in [6.45, 7) is 1.69. The molecule has 0 unspecified atom stereocenters. The highest BCUT2D eigenvalue weighted by Gasteiger charge is 2.37. The number of nitrogens with one attached hydrogen (secondary N) is 1. The third kappa shape index (κ3) is 4.45. The van der Waals surface area contributed by atoms with Crippen LogP contribution in [0.25, 0.3) is 6.08 Å². The van der Waals surface area contributed by atoms with Gasteiger partial charge in [-0.15, -0.1) is 11.3 Å². The third-order valence-corrected chi connectivity index (χ3v) is 7.70. The summed E-state index contributed by atoms with van der Waals surface area (Å²) in [6.07, 6.45) is 2.70. The number of rotatable bonds is 4. The number of fused-ring (bicyclic) bond motifs is 4. The summed E-state index contributed by atoms with van der Waals surface area (Å²) in [5, 5.41) is 4.79. The third-order valence-electron chi connectivity index (χ3n) is 6.19. The van der Waals surface area contributed by atoms with Gasteiger partial charge in [0.2, 0.25) is 0 Å². The van der Waals surface area contributed by atoms with Crippen molar-refractivity contribution in [2.75, 3.05) is 13.1 Å². The molecule has 1 N–H and O–H groups in total. The number of halogens is 1. The minimum atomic E-state index is -0.340. The number of nitrogens with zero attached hydrogens (tertiary/aromatic N) is 2. The first kappa shape index (κ1) is 21.9. The van der Waals surface area contributed by atoms with Crippen LogP contribution in [0.3, 0.4) is 0 Å². The van der Waals surface area contributed by atoms with Gasteiger partial charge < -0.3 is 14.8 Å². The quantitative estimate of drug-likeness (QED) is 0.523. The van der Waals surface area contributed by atoms with E-state index in [0.29, 0.717) is 29.7 Å². The predicted molar refractivity (Wildman–Crippen MR) is 132 cm³/mol. The molecule has 168 valence electrons.